The van der Waals surface area contributed by atoms with Crippen molar-refractivity contribution in [1.29, 1.82) is 0 Å². The summed E-state index contributed by atoms with van der Waals surface area (Å²) in [6, 6.07) is 5.88. The maximum Gasteiger partial charge on any atom is 0.305 e. The molecule has 1 N–H and O–H groups in total. The maximum atomic E-state index is 10.7. The molecule has 0 saturated heterocycles. The molecule has 100 valence electrons. The average Bonchev–Trinajstić information content (AvgIpc) is 2.33. The normalized spacial score (nSPS) is 10.4. The lowest BCUT2D eigenvalue weighted by Gasteiger charge is -2.24. The van der Waals surface area contributed by atoms with Gasteiger partial charge in [0.05, 0.1) is 6.42 Å². The minimum absolute atomic E-state index is 0.148. The monoisotopic (exact) mass is 269 g/mol. The van der Waals surface area contributed by atoms with Gasteiger partial charge in [0.2, 0.25) is 0 Å². The third kappa shape index (κ3) is 4.57. The highest BCUT2D eigenvalue weighted by Crippen LogP contribution is 2.23. The number of benzene rings is 1. The van der Waals surface area contributed by atoms with Gasteiger partial charge in [0.25, 0.3) is 0 Å². The van der Waals surface area contributed by atoms with E-state index in [1.54, 1.807) is 0 Å². The molecule has 4 heteroatoms. The Morgan fingerprint density at radius 1 is 1.39 bits per heavy atom. The molecule has 0 spiro atoms. The first-order valence-electron chi connectivity index (χ1n) is 6.27. The summed E-state index contributed by atoms with van der Waals surface area (Å²) >= 11 is 6.11. The van der Waals surface area contributed by atoms with Crippen molar-refractivity contribution in [3.8, 4) is 0 Å². The number of carbonyl (C=O) groups is 1. The van der Waals surface area contributed by atoms with Gasteiger partial charge in [-0.3, -0.25) is 4.79 Å². The molecule has 0 amide bonds. The predicted molar refractivity (Wildman–Crippen MR) is 75.6 cm³/mol. The molecule has 0 heterocycles. The molecular formula is C14H20ClNO2. The number of carboxylic acids is 1. The standard InChI is InChI=1S/C14H20ClNO2/c1-3-4-8-16(9-7-14(17)18)12-6-5-11(2)13(15)10-12/h5-6,10H,3-4,7-9H2,1-2H3,(H,17,18). The van der Waals surface area contributed by atoms with Crippen molar-refractivity contribution >= 4 is 23.3 Å². The van der Waals surface area contributed by atoms with Crippen LogP contribution in [0.25, 0.3) is 0 Å². The molecule has 0 saturated carbocycles. The largest absolute Gasteiger partial charge is 0.481 e. The third-order valence-electron chi connectivity index (χ3n) is 2.90. The summed E-state index contributed by atoms with van der Waals surface area (Å²) in [4.78, 5) is 12.8. The molecule has 3 nitrogen and oxygen atoms in total. The van der Waals surface area contributed by atoms with Crippen molar-refractivity contribution in [3.63, 3.8) is 0 Å². The molecule has 1 aromatic rings. The van der Waals surface area contributed by atoms with Crippen LogP contribution in [0, 0.1) is 6.92 Å². The van der Waals surface area contributed by atoms with Gasteiger partial charge in [0.15, 0.2) is 0 Å². The molecule has 1 aromatic carbocycles. The summed E-state index contributed by atoms with van der Waals surface area (Å²) in [5.74, 6) is -0.769. The van der Waals surface area contributed by atoms with E-state index in [9.17, 15) is 4.79 Å². The highest BCUT2D eigenvalue weighted by Gasteiger charge is 2.09. The summed E-state index contributed by atoms with van der Waals surface area (Å²) < 4.78 is 0. The van der Waals surface area contributed by atoms with Crippen LogP contribution in [0.3, 0.4) is 0 Å². The first kappa shape index (κ1) is 14.8. The van der Waals surface area contributed by atoms with E-state index in [4.69, 9.17) is 16.7 Å². The Morgan fingerprint density at radius 2 is 2.11 bits per heavy atom. The fourth-order valence-corrected chi connectivity index (χ4v) is 1.90. The van der Waals surface area contributed by atoms with Gasteiger partial charge >= 0.3 is 5.97 Å². The molecule has 0 aliphatic rings. The van der Waals surface area contributed by atoms with Gasteiger partial charge < -0.3 is 10.0 Å². The molecule has 0 aliphatic carbocycles. The van der Waals surface area contributed by atoms with E-state index in [2.05, 4.69) is 11.8 Å². The van der Waals surface area contributed by atoms with E-state index in [0.29, 0.717) is 6.54 Å². The van der Waals surface area contributed by atoms with Crippen LogP contribution in [0.5, 0.6) is 0 Å². The Labute approximate surface area is 113 Å². The molecular weight excluding hydrogens is 250 g/mol. The number of anilines is 1. The minimum Gasteiger partial charge on any atom is -0.481 e. The quantitative estimate of drug-likeness (QED) is 0.820. The van der Waals surface area contributed by atoms with E-state index in [-0.39, 0.29) is 6.42 Å². The van der Waals surface area contributed by atoms with Crippen molar-refractivity contribution in [1.82, 2.24) is 0 Å². The van der Waals surface area contributed by atoms with Crippen LogP contribution in [-0.2, 0) is 4.79 Å². The lowest BCUT2D eigenvalue weighted by molar-refractivity contribution is -0.136. The van der Waals surface area contributed by atoms with Gasteiger partial charge in [0.1, 0.15) is 0 Å². The minimum atomic E-state index is -0.769. The van der Waals surface area contributed by atoms with E-state index in [0.717, 1.165) is 35.7 Å². The van der Waals surface area contributed by atoms with E-state index < -0.39 is 5.97 Å². The van der Waals surface area contributed by atoms with E-state index >= 15 is 0 Å². The smallest absolute Gasteiger partial charge is 0.305 e. The number of aryl methyl sites for hydroxylation is 1. The zero-order valence-corrected chi connectivity index (χ0v) is 11.7. The van der Waals surface area contributed by atoms with Crippen LogP contribution in [0.1, 0.15) is 31.7 Å². The fourth-order valence-electron chi connectivity index (χ4n) is 1.73. The molecule has 0 aliphatic heterocycles. The van der Waals surface area contributed by atoms with Gasteiger partial charge in [-0.15, -0.1) is 0 Å². The third-order valence-corrected chi connectivity index (χ3v) is 3.30. The average molecular weight is 270 g/mol. The van der Waals surface area contributed by atoms with Crippen molar-refractivity contribution in [3.05, 3.63) is 28.8 Å². The Kier molecular flexibility index (Phi) is 5.99. The molecule has 0 unspecified atom stereocenters. The number of hydrogen-bond donors (Lipinski definition) is 1. The second-order valence-corrected chi connectivity index (χ2v) is 4.83. The van der Waals surface area contributed by atoms with Gasteiger partial charge in [-0.05, 0) is 31.0 Å². The summed E-state index contributed by atoms with van der Waals surface area (Å²) in [5.41, 5.74) is 2.04. The second-order valence-electron chi connectivity index (χ2n) is 4.42. The Hall–Kier alpha value is -1.22. The first-order chi connectivity index (χ1) is 8.54. The van der Waals surface area contributed by atoms with E-state index in [1.807, 2.05) is 25.1 Å². The molecule has 0 fully saturated rings. The molecule has 0 bridgehead atoms. The number of nitrogens with zero attached hydrogens (tertiary/aromatic N) is 1. The molecule has 18 heavy (non-hydrogen) atoms. The zero-order chi connectivity index (χ0) is 13.5. The molecule has 0 atom stereocenters. The topological polar surface area (TPSA) is 40.5 Å². The van der Waals surface area contributed by atoms with Crippen molar-refractivity contribution in [2.24, 2.45) is 0 Å². The fraction of sp³-hybridized carbons (Fsp3) is 0.500. The highest BCUT2D eigenvalue weighted by molar-refractivity contribution is 6.31. The Bertz CT molecular complexity index is 407. The van der Waals surface area contributed by atoms with Gasteiger partial charge in [-0.25, -0.2) is 0 Å². The van der Waals surface area contributed by atoms with Crippen LogP contribution >= 0.6 is 11.6 Å². The van der Waals surface area contributed by atoms with Gasteiger partial charge in [-0.1, -0.05) is 31.0 Å². The number of halogens is 1. The molecule has 0 aromatic heterocycles. The van der Waals surface area contributed by atoms with Crippen molar-refractivity contribution in [2.75, 3.05) is 18.0 Å². The van der Waals surface area contributed by atoms with Crippen molar-refractivity contribution in [2.45, 2.75) is 33.1 Å². The number of rotatable bonds is 7. The van der Waals surface area contributed by atoms with Gasteiger partial charge in [-0.2, -0.15) is 0 Å². The van der Waals surface area contributed by atoms with Crippen LogP contribution < -0.4 is 4.90 Å². The van der Waals surface area contributed by atoms with Crippen LogP contribution in [0.4, 0.5) is 5.69 Å². The summed E-state index contributed by atoms with van der Waals surface area (Å²) in [6.45, 7) is 5.47. The van der Waals surface area contributed by atoms with Crippen molar-refractivity contribution < 1.29 is 9.90 Å². The Morgan fingerprint density at radius 3 is 2.67 bits per heavy atom. The van der Waals surface area contributed by atoms with E-state index in [1.165, 1.54) is 0 Å². The van der Waals surface area contributed by atoms with Crippen LogP contribution in [0.2, 0.25) is 5.02 Å². The Balaban J connectivity index is 2.79. The van der Waals surface area contributed by atoms with Gasteiger partial charge in [0, 0.05) is 23.8 Å². The molecule has 1 rings (SSSR count). The number of aliphatic carboxylic acids is 1. The zero-order valence-electron chi connectivity index (χ0n) is 10.9. The maximum absolute atomic E-state index is 10.7. The SMILES string of the molecule is CCCCN(CCC(=O)O)c1ccc(C)c(Cl)c1. The van der Waals surface area contributed by atoms with Crippen LogP contribution in [-0.4, -0.2) is 24.2 Å². The van der Waals surface area contributed by atoms with Crippen LogP contribution in [0.15, 0.2) is 18.2 Å². The first-order valence-corrected chi connectivity index (χ1v) is 6.65. The molecule has 0 radical (unpaired) electrons. The summed E-state index contributed by atoms with van der Waals surface area (Å²) in [7, 11) is 0. The second kappa shape index (κ2) is 7.27. The number of carboxylic acid groups (broad SMARTS) is 1. The lowest BCUT2D eigenvalue weighted by Crippen LogP contribution is -2.27. The highest BCUT2D eigenvalue weighted by atomic mass is 35.5. The number of hydrogen-bond acceptors (Lipinski definition) is 2. The summed E-state index contributed by atoms with van der Waals surface area (Å²) in [5, 5.41) is 9.51. The predicted octanol–water partition coefficient (Wildman–Crippen LogP) is 3.73. The summed E-state index contributed by atoms with van der Waals surface area (Å²) in [6.07, 6.45) is 2.28. The lowest BCUT2D eigenvalue weighted by atomic mass is 10.2. The number of unbranched alkanes of at least 4 members (excludes halogenated alkanes) is 1.